The summed E-state index contributed by atoms with van der Waals surface area (Å²) in [7, 11) is 0. The van der Waals surface area contributed by atoms with Crippen LogP contribution < -0.4 is 5.48 Å². The van der Waals surface area contributed by atoms with E-state index in [2.05, 4.69) is 5.48 Å². The van der Waals surface area contributed by atoms with E-state index in [9.17, 15) is 0 Å². The molecule has 0 rings (SSSR count). The van der Waals surface area contributed by atoms with Gasteiger partial charge in [-0.1, -0.05) is 0 Å². The van der Waals surface area contributed by atoms with E-state index in [1.54, 1.807) is 0 Å². The molecule has 0 bridgehead atoms. The molecular weight excluding hydrogens is 118 g/mol. The van der Waals surface area contributed by atoms with E-state index in [4.69, 9.17) is 9.94 Å². The molecule has 0 atom stereocenters. The van der Waals surface area contributed by atoms with Crippen LogP contribution in [0.25, 0.3) is 0 Å². The quantitative estimate of drug-likeness (QED) is 0.418. The van der Waals surface area contributed by atoms with Crippen molar-refractivity contribution in [3.8, 4) is 0 Å². The van der Waals surface area contributed by atoms with Gasteiger partial charge in [-0.15, -0.1) is 0 Å². The molecule has 0 aromatic rings. The maximum absolute atomic E-state index is 8.34. The van der Waals surface area contributed by atoms with E-state index in [0.29, 0.717) is 6.54 Å². The fraction of sp³-hybridized carbons (Fsp3) is 1.00. The second-order valence-electron chi connectivity index (χ2n) is 2.14. The van der Waals surface area contributed by atoms with Crippen molar-refractivity contribution in [3.63, 3.8) is 0 Å². The van der Waals surface area contributed by atoms with Crippen LogP contribution in [0.2, 0.25) is 0 Å². The van der Waals surface area contributed by atoms with Crippen LogP contribution in [0.1, 0.15) is 20.3 Å². The summed E-state index contributed by atoms with van der Waals surface area (Å²) < 4.78 is 0. The highest BCUT2D eigenvalue weighted by Gasteiger charge is 1.89. The topological polar surface area (TPSA) is 41.5 Å². The second-order valence-corrected chi connectivity index (χ2v) is 2.14. The summed E-state index contributed by atoms with van der Waals surface area (Å²) in [5, 5.41) is 8.34. The lowest BCUT2D eigenvalue weighted by molar-refractivity contribution is -0.00679. The van der Waals surface area contributed by atoms with E-state index in [-0.39, 0.29) is 12.7 Å². The molecule has 0 fully saturated rings. The molecule has 0 heterocycles. The summed E-state index contributed by atoms with van der Waals surface area (Å²) in [4.78, 5) is 4.98. The third kappa shape index (κ3) is 7.88. The lowest BCUT2D eigenvalue weighted by Gasteiger charge is -2.06. The van der Waals surface area contributed by atoms with Crippen LogP contribution in [0.3, 0.4) is 0 Å². The molecule has 0 saturated heterocycles. The lowest BCUT2D eigenvalue weighted by Crippen LogP contribution is -2.21. The van der Waals surface area contributed by atoms with Gasteiger partial charge in [-0.2, -0.15) is 0 Å². The largest absolute Gasteiger partial charge is 0.396 e. The highest BCUT2D eigenvalue weighted by atomic mass is 16.7. The second kappa shape index (κ2) is 6.01. The van der Waals surface area contributed by atoms with E-state index in [1.165, 1.54) is 0 Å². The van der Waals surface area contributed by atoms with Gasteiger partial charge in [0.2, 0.25) is 0 Å². The predicted molar refractivity (Wildman–Crippen MR) is 35.9 cm³/mol. The maximum atomic E-state index is 8.34. The smallest absolute Gasteiger partial charge is 0.0734 e. The summed E-state index contributed by atoms with van der Waals surface area (Å²) in [6.07, 6.45) is 0.955. The van der Waals surface area contributed by atoms with E-state index in [1.807, 2.05) is 13.8 Å². The fourth-order valence-electron chi connectivity index (χ4n) is 0.377. The van der Waals surface area contributed by atoms with Gasteiger partial charge in [0, 0.05) is 13.2 Å². The number of hydrogen-bond donors (Lipinski definition) is 2. The standard InChI is InChI=1S/C6H15NO2/c1-6(2)9-7-4-3-5-8/h6-8H,3-5H2,1-2H3. The highest BCUT2D eigenvalue weighted by molar-refractivity contribution is 4.36. The molecule has 0 aliphatic rings. The molecule has 0 aromatic heterocycles. The van der Waals surface area contributed by atoms with Crippen molar-refractivity contribution in [1.29, 1.82) is 0 Å². The summed E-state index contributed by atoms with van der Waals surface area (Å²) >= 11 is 0. The molecular formula is C6H15NO2. The number of nitrogens with one attached hydrogen (secondary N) is 1. The van der Waals surface area contributed by atoms with Gasteiger partial charge in [-0.3, -0.25) is 4.84 Å². The molecule has 0 saturated carbocycles. The third-order valence-corrected chi connectivity index (χ3v) is 0.756. The molecule has 0 unspecified atom stereocenters. The van der Waals surface area contributed by atoms with Crippen LogP contribution in [-0.2, 0) is 4.84 Å². The molecule has 0 spiro atoms. The molecule has 2 N–H and O–H groups in total. The molecule has 0 amide bonds. The van der Waals surface area contributed by atoms with Crippen molar-refractivity contribution in [2.24, 2.45) is 0 Å². The Labute approximate surface area is 56.0 Å². The normalized spacial score (nSPS) is 10.7. The fourth-order valence-corrected chi connectivity index (χ4v) is 0.377. The van der Waals surface area contributed by atoms with E-state index in [0.717, 1.165) is 6.42 Å². The Morgan fingerprint density at radius 1 is 1.56 bits per heavy atom. The number of aliphatic hydroxyl groups is 1. The minimum atomic E-state index is 0.212. The van der Waals surface area contributed by atoms with Crippen LogP contribution >= 0.6 is 0 Å². The van der Waals surface area contributed by atoms with Crippen molar-refractivity contribution in [3.05, 3.63) is 0 Å². The highest BCUT2D eigenvalue weighted by Crippen LogP contribution is 1.81. The molecule has 9 heavy (non-hydrogen) atoms. The van der Waals surface area contributed by atoms with Gasteiger partial charge >= 0.3 is 0 Å². The zero-order valence-corrected chi connectivity index (χ0v) is 6.05. The molecule has 3 heteroatoms. The first-order valence-corrected chi connectivity index (χ1v) is 3.26. The average Bonchev–Trinajstić information content (AvgIpc) is 1.80. The summed E-state index contributed by atoms with van der Waals surface area (Å²) in [6.45, 7) is 4.83. The zero-order valence-electron chi connectivity index (χ0n) is 6.05. The lowest BCUT2D eigenvalue weighted by atomic mass is 10.5. The first-order chi connectivity index (χ1) is 4.27. The van der Waals surface area contributed by atoms with Crippen molar-refractivity contribution >= 4 is 0 Å². The molecule has 0 aromatic carbocycles. The van der Waals surface area contributed by atoms with Crippen molar-refractivity contribution in [2.75, 3.05) is 13.2 Å². The van der Waals surface area contributed by atoms with Gasteiger partial charge in [0.15, 0.2) is 0 Å². The van der Waals surface area contributed by atoms with Crippen molar-refractivity contribution in [1.82, 2.24) is 5.48 Å². The predicted octanol–water partition coefficient (Wildman–Crippen LogP) is 0.298. The third-order valence-electron chi connectivity index (χ3n) is 0.756. The van der Waals surface area contributed by atoms with Gasteiger partial charge in [0.05, 0.1) is 6.10 Å². The van der Waals surface area contributed by atoms with Crippen LogP contribution in [0.15, 0.2) is 0 Å². The first-order valence-electron chi connectivity index (χ1n) is 3.26. The molecule has 0 aliphatic carbocycles. The van der Waals surface area contributed by atoms with Gasteiger partial charge in [-0.25, -0.2) is 5.48 Å². The summed E-state index contributed by atoms with van der Waals surface area (Å²) in [5.41, 5.74) is 2.73. The summed E-state index contributed by atoms with van der Waals surface area (Å²) in [6, 6.07) is 0. The zero-order chi connectivity index (χ0) is 7.11. The first kappa shape index (κ1) is 8.88. The number of aliphatic hydroxyl groups excluding tert-OH is 1. The van der Waals surface area contributed by atoms with Crippen molar-refractivity contribution < 1.29 is 9.94 Å². The van der Waals surface area contributed by atoms with Crippen LogP contribution in [0, 0.1) is 0 Å². The molecule has 0 aliphatic heterocycles. The maximum Gasteiger partial charge on any atom is 0.0734 e. The SMILES string of the molecule is CC(C)ONCCCO. The van der Waals surface area contributed by atoms with Crippen LogP contribution in [0.5, 0.6) is 0 Å². The molecule has 0 radical (unpaired) electrons. The monoisotopic (exact) mass is 133 g/mol. The number of hydroxylamine groups is 1. The minimum absolute atomic E-state index is 0.212. The van der Waals surface area contributed by atoms with Gasteiger partial charge < -0.3 is 5.11 Å². The van der Waals surface area contributed by atoms with Gasteiger partial charge in [0.1, 0.15) is 0 Å². The van der Waals surface area contributed by atoms with Crippen molar-refractivity contribution in [2.45, 2.75) is 26.4 Å². The molecule has 3 nitrogen and oxygen atoms in total. The van der Waals surface area contributed by atoms with Gasteiger partial charge in [-0.05, 0) is 20.3 Å². The minimum Gasteiger partial charge on any atom is -0.396 e. The van der Waals surface area contributed by atoms with E-state index < -0.39 is 0 Å². The number of rotatable bonds is 5. The number of hydrogen-bond acceptors (Lipinski definition) is 3. The van der Waals surface area contributed by atoms with Crippen LogP contribution in [0.4, 0.5) is 0 Å². The van der Waals surface area contributed by atoms with Gasteiger partial charge in [0.25, 0.3) is 0 Å². The average molecular weight is 133 g/mol. The Balaban J connectivity index is 2.75. The Morgan fingerprint density at radius 2 is 2.22 bits per heavy atom. The van der Waals surface area contributed by atoms with E-state index >= 15 is 0 Å². The Hall–Kier alpha value is -0.120. The Kier molecular flexibility index (Phi) is 5.93. The Morgan fingerprint density at radius 3 is 2.67 bits per heavy atom. The summed E-state index contributed by atoms with van der Waals surface area (Å²) in [5.74, 6) is 0. The Bertz CT molecular complexity index is 57.0. The van der Waals surface area contributed by atoms with Crippen LogP contribution in [-0.4, -0.2) is 24.4 Å². The molecule has 56 valence electrons.